The Hall–Kier alpha value is -2.01. The van der Waals surface area contributed by atoms with Gasteiger partial charge in [-0.05, 0) is 56.0 Å². The van der Waals surface area contributed by atoms with E-state index in [1.165, 1.54) is 29.9 Å². The summed E-state index contributed by atoms with van der Waals surface area (Å²) in [5.74, 6) is -0.478. The van der Waals surface area contributed by atoms with Crippen molar-refractivity contribution < 1.29 is 13.9 Å². The molecule has 1 saturated carbocycles. The maximum atomic E-state index is 14.2. The molecule has 1 aromatic carbocycles. The van der Waals surface area contributed by atoms with Crippen LogP contribution in [0.4, 0.5) is 4.39 Å². The lowest BCUT2D eigenvalue weighted by Crippen LogP contribution is -2.20. The van der Waals surface area contributed by atoms with Gasteiger partial charge in [-0.15, -0.1) is 11.3 Å². The quantitative estimate of drug-likeness (QED) is 0.578. The molecule has 0 saturated heterocycles. The van der Waals surface area contributed by atoms with Crippen LogP contribution in [0.3, 0.4) is 0 Å². The second-order valence-corrected chi connectivity index (χ2v) is 6.54. The molecule has 0 bridgehead atoms. The van der Waals surface area contributed by atoms with Crippen molar-refractivity contribution in [2.24, 2.45) is 0 Å². The highest BCUT2D eigenvalue weighted by Gasteiger charge is 2.17. The van der Waals surface area contributed by atoms with Gasteiger partial charge in [-0.3, -0.25) is 9.78 Å². The van der Waals surface area contributed by atoms with Gasteiger partial charge in [0, 0.05) is 16.6 Å². The molecule has 0 N–H and O–H groups in total. The molecule has 2 aromatic rings. The van der Waals surface area contributed by atoms with Crippen LogP contribution < -0.4 is 4.74 Å². The van der Waals surface area contributed by atoms with Gasteiger partial charge in [0.05, 0.1) is 11.6 Å². The van der Waals surface area contributed by atoms with E-state index in [1.54, 1.807) is 29.9 Å². The van der Waals surface area contributed by atoms with Crippen LogP contribution in [0.1, 0.15) is 47.3 Å². The first kappa shape index (κ1) is 15.9. The average Bonchev–Trinajstić information content (AvgIpc) is 3.09. The van der Waals surface area contributed by atoms with Crippen molar-refractivity contribution in [1.82, 2.24) is 4.98 Å². The second-order valence-electron chi connectivity index (χ2n) is 5.62. The minimum Gasteiger partial charge on any atom is -0.487 e. The van der Waals surface area contributed by atoms with Crippen molar-refractivity contribution in [2.45, 2.75) is 38.2 Å². The molecule has 0 atom stereocenters. The number of benzene rings is 1. The molecule has 0 aliphatic heterocycles. The first-order chi connectivity index (χ1) is 11.2. The van der Waals surface area contributed by atoms with E-state index in [-0.39, 0.29) is 17.6 Å². The zero-order valence-electron chi connectivity index (χ0n) is 12.7. The summed E-state index contributed by atoms with van der Waals surface area (Å²) in [6.45, 7) is 0. The van der Waals surface area contributed by atoms with Gasteiger partial charge in [0.2, 0.25) is 0 Å². The molecule has 23 heavy (non-hydrogen) atoms. The van der Waals surface area contributed by atoms with Gasteiger partial charge >= 0.3 is 0 Å². The Bertz CT molecular complexity index is 691. The average molecular weight is 331 g/mol. The summed E-state index contributed by atoms with van der Waals surface area (Å²) in [5.41, 5.74) is 2.01. The number of carbonyl (C=O) groups excluding carboxylic acids is 1. The number of hydrogen-bond donors (Lipinski definition) is 0. The fourth-order valence-corrected chi connectivity index (χ4v) is 3.19. The van der Waals surface area contributed by atoms with Crippen LogP contribution in [0.2, 0.25) is 0 Å². The third-order valence-corrected chi connectivity index (χ3v) is 4.65. The second kappa shape index (κ2) is 7.51. The molecular weight excluding hydrogens is 313 g/mol. The first-order valence-electron chi connectivity index (χ1n) is 7.79. The van der Waals surface area contributed by atoms with Crippen molar-refractivity contribution in [1.29, 1.82) is 0 Å². The molecule has 1 aliphatic carbocycles. The molecule has 5 heteroatoms. The van der Waals surface area contributed by atoms with Crippen LogP contribution in [-0.2, 0) is 0 Å². The minimum absolute atomic E-state index is 0.0889. The topological polar surface area (TPSA) is 39.2 Å². The fraction of sp³-hybridized carbons (Fsp3) is 0.333. The van der Waals surface area contributed by atoms with Gasteiger partial charge in [0.1, 0.15) is 0 Å². The van der Waals surface area contributed by atoms with E-state index in [1.807, 2.05) is 0 Å². The van der Waals surface area contributed by atoms with Crippen molar-refractivity contribution in [2.75, 3.05) is 0 Å². The van der Waals surface area contributed by atoms with E-state index in [9.17, 15) is 9.18 Å². The SMILES string of the molecule is O=C(/C=C/c1cncs1)c1ccc(OC2CCCCC2)c(F)c1. The van der Waals surface area contributed by atoms with Gasteiger partial charge < -0.3 is 4.74 Å². The molecule has 0 spiro atoms. The van der Waals surface area contributed by atoms with Crippen LogP contribution in [0.25, 0.3) is 6.08 Å². The summed E-state index contributed by atoms with van der Waals surface area (Å²) < 4.78 is 19.9. The molecule has 3 rings (SSSR count). The van der Waals surface area contributed by atoms with Crippen LogP contribution in [0, 0.1) is 5.82 Å². The van der Waals surface area contributed by atoms with Crippen molar-refractivity contribution in [3.05, 3.63) is 52.2 Å². The zero-order chi connectivity index (χ0) is 16.1. The fourth-order valence-electron chi connectivity index (χ4n) is 2.67. The van der Waals surface area contributed by atoms with Crippen LogP contribution >= 0.6 is 11.3 Å². The first-order valence-corrected chi connectivity index (χ1v) is 8.67. The summed E-state index contributed by atoms with van der Waals surface area (Å²) in [6.07, 6.45) is 10.3. The molecule has 1 fully saturated rings. The molecule has 0 amide bonds. The third kappa shape index (κ3) is 4.26. The normalized spacial score (nSPS) is 15.9. The largest absolute Gasteiger partial charge is 0.487 e. The summed E-state index contributed by atoms with van der Waals surface area (Å²) in [7, 11) is 0. The van der Waals surface area contributed by atoms with E-state index in [2.05, 4.69) is 4.98 Å². The maximum absolute atomic E-state index is 14.2. The molecule has 120 valence electrons. The molecule has 1 heterocycles. The van der Waals surface area contributed by atoms with Crippen LogP contribution in [0.15, 0.2) is 36.0 Å². The Morgan fingerprint density at radius 1 is 1.30 bits per heavy atom. The number of hydrogen-bond acceptors (Lipinski definition) is 4. The molecule has 0 unspecified atom stereocenters. The number of ether oxygens (including phenoxy) is 1. The standard InChI is InChI=1S/C18H18FNO2S/c19-16-10-13(17(21)8-7-15-11-20-12-23-15)6-9-18(16)22-14-4-2-1-3-5-14/h6-12,14H,1-5H2/b8-7+. The van der Waals surface area contributed by atoms with Crippen LogP contribution in [-0.4, -0.2) is 16.9 Å². The van der Waals surface area contributed by atoms with Gasteiger partial charge in [0.25, 0.3) is 0 Å². The predicted molar refractivity (Wildman–Crippen MR) is 89.4 cm³/mol. The van der Waals surface area contributed by atoms with Crippen molar-refractivity contribution in [3.8, 4) is 5.75 Å². The highest BCUT2D eigenvalue weighted by atomic mass is 32.1. The zero-order valence-corrected chi connectivity index (χ0v) is 13.5. The molecular formula is C18H18FNO2S. The molecule has 1 aromatic heterocycles. The van der Waals surface area contributed by atoms with Gasteiger partial charge in [-0.2, -0.15) is 0 Å². The van der Waals surface area contributed by atoms with Crippen molar-refractivity contribution >= 4 is 23.2 Å². The number of rotatable bonds is 5. The van der Waals surface area contributed by atoms with Gasteiger partial charge in [-0.25, -0.2) is 4.39 Å². The summed E-state index contributed by atoms with van der Waals surface area (Å²) >= 11 is 1.44. The highest BCUT2D eigenvalue weighted by molar-refractivity contribution is 7.10. The number of thiazole rings is 1. The Morgan fingerprint density at radius 2 is 2.13 bits per heavy atom. The lowest BCUT2D eigenvalue weighted by atomic mass is 9.98. The summed E-state index contributed by atoms with van der Waals surface area (Å²) in [4.78, 5) is 16.9. The number of aromatic nitrogens is 1. The molecule has 3 nitrogen and oxygen atoms in total. The number of allylic oxidation sites excluding steroid dienone is 1. The number of ketones is 1. The number of carbonyl (C=O) groups is 1. The van der Waals surface area contributed by atoms with E-state index >= 15 is 0 Å². The lowest BCUT2D eigenvalue weighted by Gasteiger charge is -2.23. The van der Waals surface area contributed by atoms with Gasteiger partial charge in [0.15, 0.2) is 17.3 Å². The van der Waals surface area contributed by atoms with E-state index < -0.39 is 5.82 Å². The third-order valence-electron chi connectivity index (χ3n) is 3.91. The maximum Gasteiger partial charge on any atom is 0.185 e. The highest BCUT2D eigenvalue weighted by Crippen LogP contribution is 2.26. The monoisotopic (exact) mass is 331 g/mol. The Labute approximate surface area is 138 Å². The van der Waals surface area contributed by atoms with Crippen LogP contribution in [0.5, 0.6) is 5.75 Å². The van der Waals surface area contributed by atoms with Crippen molar-refractivity contribution in [3.63, 3.8) is 0 Å². The Balaban J connectivity index is 1.67. The number of halogens is 1. The summed E-state index contributed by atoms with van der Waals surface area (Å²) in [5, 5.41) is 0. The summed E-state index contributed by atoms with van der Waals surface area (Å²) in [6, 6.07) is 4.41. The number of nitrogens with zero attached hydrogens (tertiary/aromatic N) is 1. The van der Waals surface area contributed by atoms with E-state index in [0.29, 0.717) is 5.56 Å². The molecule has 0 radical (unpaired) electrons. The van der Waals surface area contributed by atoms with E-state index in [0.717, 1.165) is 30.6 Å². The smallest absolute Gasteiger partial charge is 0.185 e. The molecule has 1 aliphatic rings. The van der Waals surface area contributed by atoms with Gasteiger partial charge in [-0.1, -0.05) is 6.42 Å². The Morgan fingerprint density at radius 3 is 2.83 bits per heavy atom. The Kier molecular flexibility index (Phi) is 5.18. The van der Waals surface area contributed by atoms with E-state index in [4.69, 9.17) is 4.74 Å². The predicted octanol–water partition coefficient (Wildman–Crippen LogP) is 4.89. The minimum atomic E-state index is -0.479. The lowest BCUT2D eigenvalue weighted by molar-refractivity contribution is 0.104.